The van der Waals surface area contributed by atoms with Gasteiger partial charge in [-0.3, -0.25) is 4.79 Å². The van der Waals surface area contributed by atoms with Crippen molar-refractivity contribution in [3.63, 3.8) is 0 Å². The summed E-state index contributed by atoms with van der Waals surface area (Å²) in [5, 5.41) is 11.1. The van der Waals surface area contributed by atoms with Crippen LogP contribution in [0.5, 0.6) is 0 Å². The van der Waals surface area contributed by atoms with E-state index in [-0.39, 0.29) is 11.8 Å². The summed E-state index contributed by atoms with van der Waals surface area (Å²) in [6.07, 6.45) is 0.663. The lowest BCUT2D eigenvalue weighted by Crippen LogP contribution is -2.45. The van der Waals surface area contributed by atoms with Crippen LogP contribution in [-0.4, -0.2) is 28.5 Å². The van der Waals surface area contributed by atoms with Crippen molar-refractivity contribution in [3.8, 4) is 0 Å². The van der Waals surface area contributed by atoms with Gasteiger partial charge in [0.25, 0.3) is 0 Å². The molecule has 0 saturated carbocycles. The third kappa shape index (κ3) is 2.47. The maximum absolute atomic E-state index is 12.3. The molecule has 0 aliphatic carbocycles. The molecule has 1 aromatic rings. The van der Waals surface area contributed by atoms with Gasteiger partial charge >= 0.3 is 5.97 Å². The fourth-order valence-electron chi connectivity index (χ4n) is 3.35. The van der Waals surface area contributed by atoms with Crippen LogP contribution in [0.25, 0.3) is 0 Å². The van der Waals surface area contributed by atoms with Gasteiger partial charge in [0.05, 0.1) is 27.8 Å². The molecule has 0 aromatic carbocycles. The zero-order chi connectivity index (χ0) is 16.8. The number of ether oxygens (including phenoxy) is 1. The van der Waals surface area contributed by atoms with Gasteiger partial charge in [-0.1, -0.05) is 13.8 Å². The Balaban J connectivity index is 2.71. The summed E-state index contributed by atoms with van der Waals surface area (Å²) in [7, 11) is 1.21. The molecule has 3 unspecified atom stereocenters. The van der Waals surface area contributed by atoms with Crippen LogP contribution < -0.4 is 0 Å². The molecule has 1 aliphatic heterocycles. The molecule has 0 spiro atoms. The molecular weight excluding hydrogens is 418 g/mol. The maximum Gasteiger partial charge on any atom is 0.345 e. The maximum atomic E-state index is 12.3. The van der Waals surface area contributed by atoms with E-state index in [9.17, 15) is 14.7 Å². The molecule has 1 aromatic heterocycles. The number of halogens is 2. The number of methoxy groups -OCH3 is 1. The number of carbonyl (C=O) groups is 2. The monoisotopic (exact) mass is 435 g/mol. The van der Waals surface area contributed by atoms with Crippen molar-refractivity contribution in [2.45, 2.75) is 38.8 Å². The number of aromatic nitrogens is 1. The molecule has 0 saturated heterocycles. The largest absolute Gasteiger partial charge is 0.467 e. The van der Waals surface area contributed by atoms with Crippen molar-refractivity contribution >= 4 is 43.6 Å². The SMILES string of the molecule is COC(=O)C1(O)c2cc(Br)c(Br)n2C(CC(C)C)C1C(C)=O. The molecule has 1 aliphatic rings. The van der Waals surface area contributed by atoms with E-state index >= 15 is 0 Å². The average molecular weight is 437 g/mol. The smallest absolute Gasteiger partial charge is 0.345 e. The highest BCUT2D eigenvalue weighted by Crippen LogP contribution is 2.52. The number of aliphatic hydroxyl groups is 1. The lowest BCUT2D eigenvalue weighted by molar-refractivity contribution is -0.172. The van der Waals surface area contributed by atoms with E-state index in [1.54, 1.807) is 6.07 Å². The molecule has 5 nitrogen and oxygen atoms in total. The second-order valence-electron chi connectivity index (χ2n) is 6.08. The van der Waals surface area contributed by atoms with Gasteiger partial charge in [0.1, 0.15) is 5.78 Å². The molecule has 122 valence electrons. The Morgan fingerprint density at radius 3 is 2.50 bits per heavy atom. The fraction of sp³-hybridized carbons (Fsp3) is 0.600. The minimum atomic E-state index is -1.96. The van der Waals surface area contributed by atoms with Crippen LogP contribution in [0.3, 0.4) is 0 Å². The minimum Gasteiger partial charge on any atom is -0.467 e. The molecule has 7 heteroatoms. The molecule has 1 N–H and O–H groups in total. The van der Waals surface area contributed by atoms with E-state index in [2.05, 4.69) is 31.9 Å². The van der Waals surface area contributed by atoms with Crippen molar-refractivity contribution in [1.29, 1.82) is 0 Å². The van der Waals surface area contributed by atoms with Gasteiger partial charge in [-0.25, -0.2) is 4.79 Å². The third-order valence-electron chi connectivity index (χ3n) is 4.14. The summed E-state index contributed by atoms with van der Waals surface area (Å²) in [5.74, 6) is -1.60. The summed E-state index contributed by atoms with van der Waals surface area (Å²) >= 11 is 6.87. The van der Waals surface area contributed by atoms with E-state index in [0.29, 0.717) is 22.6 Å². The Hall–Kier alpha value is -0.660. The first-order valence-corrected chi connectivity index (χ1v) is 8.62. The van der Waals surface area contributed by atoms with E-state index in [1.165, 1.54) is 14.0 Å². The van der Waals surface area contributed by atoms with Gasteiger partial charge in [0.15, 0.2) is 0 Å². The predicted octanol–water partition coefficient (Wildman–Crippen LogP) is 3.18. The molecule has 0 bridgehead atoms. The van der Waals surface area contributed by atoms with Crippen LogP contribution >= 0.6 is 31.9 Å². The summed E-state index contributed by atoms with van der Waals surface area (Å²) in [6.45, 7) is 5.49. The second kappa shape index (κ2) is 6.09. The number of esters is 1. The van der Waals surface area contributed by atoms with Crippen molar-refractivity contribution in [2.24, 2.45) is 11.8 Å². The third-order valence-corrected chi connectivity index (χ3v) is 6.08. The molecule has 2 heterocycles. The highest BCUT2D eigenvalue weighted by molar-refractivity contribution is 9.13. The summed E-state index contributed by atoms with van der Waals surface area (Å²) in [5.41, 5.74) is -1.58. The standard InChI is InChI=1S/C15H19Br2NO4/c1-7(2)5-10-12(8(3)19)15(21,14(20)22-4)11-6-9(16)13(17)18(10)11/h6-7,10,12,21H,5H2,1-4H3. The molecule has 0 radical (unpaired) electrons. The Labute approximate surface area is 146 Å². The lowest BCUT2D eigenvalue weighted by atomic mass is 9.78. The van der Waals surface area contributed by atoms with Crippen molar-refractivity contribution in [2.75, 3.05) is 7.11 Å². The van der Waals surface area contributed by atoms with Crippen LogP contribution in [-0.2, 0) is 19.9 Å². The van der Waals surface area contributed by atoms with E-state index in [0.717, 1.165) is 4.47 Å². The Morgan fingerprint density at radius 1 is 1.45 bits per heavy atom. The summed E-state index contributed by atoms with van der Waals surface area (Å²) < 4.78 is 8.05. The van der Waals surface area contributed by atoms with Crippen LogP contribution in [0, 0.1) is 11.8 Å². The number of hydrogen-bond acceptors (Lipinski definition) is 4. The summed E-state index contributed by atoms with van der Waals surface area (Å²) in [6, 6.07) is 1.36. The van der Waals surface area contributed by atoms with Crippen LogP contribution in [0.1, 0.15) is 38.9 Å². The van der Waals surface area contributed by atoms with Crippen molar-refractivity contribution in [1.82, 2.24) is 4.57 Å². The van der Waals surface area contributed by atoms with Gasteiger partial charge in [0.2, 0.25) is 5.60 Å². The number of hydrogen-bond donors (Lipinski definition) is 1. The van der Waals surface area contributed by atoms with Gasteiger partial charge < -0.3 is 14.4 Å². The first-order chi connectivity index (χ1) is 10.2. The zero-order valence-electron chi connectivity index (χ0n) is 12.9. The number of nitrogens with zero attached hydrogens (tertiary/aromatic N) is 1. The highest BCUT2D eigenvalue weighted by Gasteiger charge is 2.60. The van der Waals surface area contributed by atoms with Crippen LogP contribution in [0.4, 0.5) is 0 Å². The highest BCUT2D eigenvalue weighted by atomic mass is 79.9. The predicted molar refractivity (Wildman–Crippen MR) is 88.4 cm³/mol. The number of fused-ring (bicyclic) bond motifs is 1. The molecule has 2 rings (SSSR count). The van der Waals surface area contributed by atoms with Crippen LogP contribution in [0.15, 0.2) is 15.1 Å². The first kappa shape index (κ1) is 17.7. The van der Waals surface area contributed by atoms with Crippen molar-refractivity contribution < 1.29 is 19.4 Å². The number of Topliss-reactive ketones (excluding diaryl/α,β-unsaturated/α-hetero) is 1. The molecule has 0 amide bonds. The van der Waals surface area contributed by atoms with E-state index in [1.807, 2.05) is 18.4 Å². The normalized spacial score (nSPS) is 27.1. The number of ketones is 1. The second-order valence-corrected chi connectivity index (χ2v) is 7.69. The Kier molecular flexibility index (Phi) is 4.90. The minimum absolute atomic E-state index is 0.231. The molecular formula is C15H19Br2NO4. The van der Waals surface area contributed by atoms with E-state index < -0.39 is 17.5 Å². The number of carbonyl (C=O) groups excluding carboxylic acids is 2. The molecule has 0 fully saturated rings. The van der Waals surface area contributed by atoms with Gasteiger partial charge in [-0.05, 0) is 57.2 Å². The fourth-order valence-corrected chi connectivity index (χ4v) is 4.33. The van der Waals surface area contributed by atoms with E-state index in [4.69, 9.17) is 4.74 Å². The topological polar surface area (TPSA) is 68.5 Å². The molecule has 22 heavy (non-hydrogen) atoms. The summed E-state index contributed by atoms with van der Waals surface area (Å²) in [4.78, 5) is 24.5. The van der Waals surface area contributed by atoms with Gasteiger partial charge in [-0.2, -0.15) is 0 Å². The lowest BCUT2D eigenvalue weighted by Gasteiger charge is -2.29. The van der Waals surface area contributed by atoms with Gasteiger partial charge in [0, 0.05) is 6.04 Å². The quantitative estimate of drug-likeness (QED) is 0.736. The Morgan fingerprint density at radius 2 is 2.05 bits per heavy atom. The Bertz CT molecular complexity index is 625. The van der Waals surface area contributed by atoms with Gasteiger partial charge in [-0.15, -0.1) is 0 Å². The average Bonchev–Trinajstić information content (AvgIpc) is 2.84. The first-order valence-electron chi connectivity index (χ1n) is 7.04. The van der Waals surface area contributed by atoms with Crippen LogP contribution in [0.2, 0.25) is 0 Å². The molecule has 3 atom stereocenters. The van der Waals surface area contributed by atoms with Crippen molar-refractivity contribution in [3.05, 3.63) is 20.8 Å². The zero-order valence-corrected chi connectivity index (χ0v) is 16.1. The number of rotatable bonds is 4.